The molecule has 0 amide bonds. The fourth-order valence-corrected chi connectivity index (χ4v) is 3.16. The van der Waals surface area contributed by atoms with Crippen molar-refractivity contribution in [2.45, 2.75) is 18.8 Å². The Kier molecular flexibility index (Phi) is 2.85. The summed E-state index contributed by atoms with van der Waals surface area (Å²) < 4.78 is 2.12. The summed E-state index contributed by atoms with van der Waals surface area (Å²) in [5, 5.41) is 5.54. The van der Waals surface area contributed by atoms with Gasteiger partial charge in [0.1, 0.15) is 0 Å². The number of hydrogen-bond donors (Lipinski definition) is 1. The number of benzene rings is 1. The van der Waals surface area contributed by atoms with Gasteiger partial charge in [-0.05, 0) is 49.5 Å². The first-order chi connectivity index (χ1) is 8.27. The molecule has 2 heterocycles. The van der Waals surface area contributed by atoms with Crippen LogP contribution in [0, 0.1) is 0 Å². The third kappa shape index (κ3) is 1.85. The molecule has 1 aliphatic heterocycles. The standard InChI is InChI=1S/C14H17ClN2/c1-17-9-6-12-13(17)3-2-11(14(12)15)10-4-7-16-8-5-10/h2-3,6,9-10,16H,4-5,7-8H2,1H3. The Balaban J connectivity index is 2.07. The van der Waals surface area contributed by atoms with Crippen LogP contribution in [0.4, 0.5) is 0 Å². The maximum absolute atomic E-state index is 6.55. The largest absolute Gasteiger partial charge is 0.351 e. The van der Waals surface area contributed by atoms with Gasteiger partial charge in [-0.3, -0.25) is 0 Å². The summed E-state index contributed by atoms with van der Waals surface area (Å²) in [6.07, 6.45) is 4.46. The zero-order valence-electron chi connectivity index (χ0n) is 10.0. The van der Waals surface area contributed by atoms with Crippen LogP contribution in [0.3, 0.4) is 0 Å². The third-order valence-electron chi connectivity index (χ3n) is 3.81. The summed E-state index contributed by atoms with van der Waals surface area (Å²) in [5.41, 5.74) is 2.54. The number of aryl methyl sites for hydroxylation is 1. The van der Waals surface area contributed by atoms with Gasteiger partial charge in [-0.2, -0.15) is 0 Å². The molecule has 2 aromatic rings. The van der Waals surface area contributed by atoms with Crippen LogP contribution in [0.2, 0.25) is 5.02 Å². The van der Waals surface area contributed by atoms with Gasteiger partial charge in [0, 0.05) is 24.1 Å². The fourth-order valence-electron chi connectivity index (χ4n) is 2.78. The van der Waals surface area contributed by atoms with Crippen molar-refractivity contribution >= 4 is 22.5 Å². The van der Waals surface area contributed by atoms with E-state index >= 15 is 0 Å². The Morgan fingerprint density at radius 1 is 1.24 bits per heavy atom. The number of aromatic nitrogens is 1. The van der Waals surface area contributed by atoms with E-state index in [4.69, 9.17) is 11.6 Å². The van der Waals surface area contributed by atoms with Gasteiger partial charge in [0.2, 0.25) is 0 Å². The van der Waals surface area contributed by atoms with Crippen molar-refractivity contribution in [3.8, 4) is 0 Å². The molecule has 1 saturated heterocycles. The number of nitrogens with zero attached hydrogens (tertiary/aromatic N) is 1. The molecule has 0 bridgehead atoms. The van der Waals surface area contributed by atoms with Crippen LogP contribution in [0.5, 0.6) is 0 Å². The molecule has 0 unspecified atom stereocenters. The van der Waals surface area contributed by atoms with Gasteiger partial charge in [0.25, 0.3) is 0 Å². The van der Waals surface area contributed by atoms with Gasteiger partial charge >= 0.3 is 0 Å². The molecular formula is C14H17ClN2. The van der Waals surface area contributed by atoms with Crippen molar-refractivity contribution in [2.75, 3.05) is 13.1 Å². The topological polar surface area (TPSA) is 17.0 Å². The van der Waals surface area contributed by atoms with E-state index < -0.39 is 0 Å². The van der Waals surface area contributed by atoms with Crippen molar-refractivity contribution in [3.05, 3.63) is 35.0 Å². The molecular weight excluding hydrogens is 232 g/mol. The molecule has 0 saturated carbocycles. The average Bonchev–Trinajstić information content (AvgIpc) is 2.74. The molecule has 0 atom stereocenters. The highest BCUT2D eigenvalue weighted by atomic mass is 35.5. The Morgan fingerprint density at radius 3 is 2.76 bits per heavy atom. The first-order valence-electron chi connectivity index (χ1n) is 6.21. The minimum atomic E-state index is 0.619. The molecule has 1 aliphatic rings. The number of rotatable bonds is 1. The molecule has 0 spiro atoms. The Hall–Kier alpha value is -0.990. The smallest absolute Gasteiger partial charge is 0.0534 e. The van der Waals surface area contributed by atoms with E-state index in [0.29, 0.717) is 5.92 Å². The number of halogens is 1. The second kappa shape index (κ2) is 4.35. The van der Waals surface area contributed by atoms with Crippen LogP contribution in [0.15, 0.2) is 24.4 Å². The second-order valence-corrected chi connectivity index (χ2v) is 5.23. The van der Waals surface area contributed by atoms with Gasteiger partial charge in [-0.15, -0.1) is 0 Å². The predicted octanol–water partition coefficient (Wildman–Crippen LogP) is 3.30. The van der Waals surface area contributed by atoms with Crippen molar-refractivity contribution in [1.82, 2.24) is 9.88 Å². The number of piperidine rings is 1. The Morgan fingerprint density at radius 2 is 2.00 bits per heavy atom. The first-order valence-corrected chi connectivity index (χ1v) is 6.59. The molecule has 1 N–H and O–H groups in total. The van der Waals surface area contributed by atoms with E-state index in [-0.39, 0.29) is 0 Å². The van der Waals surface area contributed by atoms with Crippen molar-refractivity contribution in [1.29, 1.82) is 0 Å². The summed E-state index contributed by atoms with van der Waals surface area (Å²) in [4.78, 5) is 0. The van der Waals surface area contributed by atoms with E-state index in [1.165, 1.54) is 29.3 Å². The van der Waals surface area contributed by atoms with Crippen molar-refractivity contribution in [2.24, 2.45) is 7.05 Å². The molecule has 0 radical (unpaired) electrons. The van der Waals surface area contributed by atoms with Crippen LogP contribution in [-0.4, -0.2) is 17.7 Å². The lowest BCUT2D eigenvalue weighted by molar-refractivity contribution is 0.461. The highest BCUT2D eigenvalue weighted by Gasteiger charge is 2.19. The summed E-state index contributed by atoms with van der Waals surface area (Å²) in [5.74, 6) is 0.619. The van der Waals surface area contributed by atoms with Crippen LogP contribution in [0.1, 0.15) is 24.3 Å². The van der Waals surface area contributed by atoms with Crippen LogP contribution >= 0.6 is 11.6 Å². The number of fused-ring (bicyclic) bond motifs is 1. The Bertz CT molecular complexity index is 538. The average molecular weight is 249 g/mol. The fraction of sp³-hybridized carbons (Fsp3) is 0.429. The molecule has 1 aromatic heterocycles. The maximum Gasteiger partial charge on any atom is 0.0534 e. The summed E-state index contributed by atoms with van der Waals surface area (Å²) in [6.45, 7) is 2.21. The van der Waals surface area contributed by atoms with Gasteiger partial charge < -0.3 is 9.88 Å². The lowest BCUT2D eigenvalue weighted by Gasteiger charge is -2.24. The molecule has 3 heteroatoms. The zero-order chi connectivity index (χ0) is 11.8. The maximum atomic E-state index is 6.55. The van der Waals surface area contributed by atoms with Gasteiger partial charge in [0.05, 0.1) is 5.02 Å². The van der Waals surface area contributed by atoms with E-state index in [9.17, 15) is 0 Å². The molecule has 17 heavy (non-hydrogen) atoms. The van der Waals surface area contributed by atoms with Crippen LogP contribution in [0.25, 0.3) is 10.9 Å². The second-order valence-electron chi connectivity index (χ2n) is 4.85. The van der Waals surface area contributed by atoms with Gasteiger partial charge in [0.15, 0.2) is 0 Å². The molecule has 2 nitrogen and oxygen atoms in total. The Labute approximate surface area is 107 Å². The number of nitrogens with one attached hydrogen (secondary N) is 1. The predicted molar refractivity (Wildman–Crippen MR) is 72.8 cm³/mol. The minimum absolute atomic E-state index is 0.619. The van der Waals surface area contributed by atoms with Gasteiger partial charge in [-0.1, -0.05) is 17.7 Å². The van der Waals surface area contributed by atoms with Crippen LogP contribution in [-0.2, 0) is 7.05 Å². The molecule has 90 valence electrons. The SMILES string of the molecule is Cn1ccc2c(Cl)c(C3CCNCC3)ccc21. The molecule has 3 rings (SSSR count). The lowest BCUT2D eigenvalue weighted by Crippen LogP contribution is -2.26. The summed E-state index contributed by atoms with van der Waals surface area (Å²) in [6, 6.07) is 6.52. The van der Waals surface area contributed by atoms with Crippen molar-refractivity contribution in [3.63, 3.8) is 0 Å². The monoisotopic (exact) mass is 248 g/mol. The van der Waals surface area contributed by atoms with Crippen LogP contribution < -0.4 is 5.32 Å². The normalized spacial score (nSPS) is 17.8. The highest BCUT2D eigenvalue weighted by molar-refractivity contribution is 6.36. The van der Waals surface area contributed by atoms with Gasteiger partial charge in [-0.25, -0.2) is 0 Å². The minimum Gasteiger partial charge on any atom is -0.351 e. The summed E-state index contributed by atoms with van der Waals surface area (Å²) in [7, 11) is 2.06. The molecule has 1 fully saturated rings. The van der Waals surface area contributed by atoms with E-state index in [0.717, 1.165) is 18.1 Å². The quantitative estimate of drug-likeness (QED) is 0.820. The highest BCUT2D eigenvalue weighted by Crippen LogP contribution is 2.35. The molecule has 0 aliphatic carbocycles. The third-order valence-corrected chi connectivity index (χ3v) is 4.23. The summed E-state index contributed by atoms with van der Waals surface area (Å²) >= 11 is 6.55. The van der Waals surface area contributed by atoms with E-state index in [1.807, 2.05) is 0 Å². The van der Waals surface area contributed by atoms with E-state index in [2.05, 4.69) is 41.3 Å². The van der Waals surface area contributed by atoms with Crippen molar-refractivity contribution < 1.29 is 0 Å². The zero-order valence-corrected chi connectivity index (χ0v) is 10.8. The first kappa shape index (κ1) is 11.1. The lowest BCUT2D eigenvalue weighted by atomic mass is 9.89. The van der Waals surface area contributed by atoms with E-state index in [1.54, 1.807) is 0 Å². The number of hydrogen-bond acceptors (Lipinski definition) is 1. The molecule has 1 aromatic carbocycles.